The molecule has 1 amide bonds. The van der Waals surface area contributed by atoms with Crippen LogP contribution in [0.4, 0.5) is 0 Å². The van der Waals surface area contributed by atoms with Gasteiger partial charge in [-0.2, -0.15) is 0 Å². The Labute approximate surface area is 107 Å². The fraction of sp³-hybridized carbons (Fsp3) is 0.273. The van der Waals surface area contributed by atoms with E-state index in [0.717, 1.165) is 10.0 Å². The Bertz CT molecular complexity index is 447. The summed E-state index contributed by atoms with van der Waals surface area (Å²) in [5.74, 6) is -1.79. The van der Waals surface area contributed by atoms with E-state index in [-0.39, 0.29) is 0 Å². The van der Waals surface area contributed by atoms with E-state index in [1.807, 2.05) is 0 Å². The number of aliphatic carboxylic acids is 1. The standard InChI is InChI=1S/C11H12BrNO4/c1-6-4-7(12)2-3-8(6)10(15)13-9(5-14)11(16)17/h2-4,9,14H,5H2,1H3,(H,13,15)(H,16,17)/t9-/m0/s1. The highest BCUT2D eigenvalue weighted by molar-refractivity contribution is 9.10. The van der Waals surface area contributed by atoms with Crippen LogP contribution in [0.15, 0.2) is 22.7 Å². The maximum absolute atomic E-state index is 11.7. The number of carboxylic acid groups (broad SMARTS) is 1. The fourth-order valence-corrected chi connectivity index (χ4v) is 1.78. The summed E-state index contributed by atoms with van der Waals surface area (Å²) in [6, 6.07) is 3.75. The predicted octanol–water partition coefficient (Wildman–Crippen LogP) is 0.933. The molecular formula is C11H12BrNO4. The quantitative estimate of drug-likeness (QED) is 0.772. The fourth-order valence-electron chi connectivity index (χ4n) is 1.30. The van der Waals surface area contributed by atoms with Gasteiger partial charge in [-0.15, -0.1) is 0 Å². The molecule has 92 valence electrons. The lowest BCUT2D eigenvalue weighted by Gasteiger charge is -2.12. The molecule has 0 radical (unpaired) electrons. The van der Waals surface area contributed by atoms with Gasteiger partial charge in [-0.25, -0.2) is 4.79 Å². The predicted molar refractivity (Wildman–Crippen MR) is 64.9 cm³/mol. The summed E-state index contributed by atoms with van der Waals surface area (Å²) >= 11 is 3.27. The highest BCUT2D eigenvalue weighted by Gasteiger charge is 2.20. The van der Waals surface area contributed by atoms with Crippen molar-refractivity contribution >= 4 is 27.8 Å². The zero-order valence-corrected chi connectivity index (χ0v) is 10.7. The highest BCUT2D eigenvalue weighted by Crippen LogP contribution is 2.15. The number of carbonyl (C=O) groups is 2. The molecule has 0 fully saturated rings. The molecule has 0 aliphatic carbocycles. The molecule has 17 heavy (non-hydrogen) atoms. The van der Waals surface area contributed by atoms with Crippen molar-refractivity contribution in [2.24, 2.45) is 0 Å². The van der Waals surface area contributed by atoms with Gasteiger partial charge in [0, 0.05) is 10.0 Å². The van der Waals surface area contributed by atoms with Crippen molar-refractivity contribution in [2.75, 3.05) is 6.61 Å². The van der Waals surface area contributed by atoms with E-state index >= 15 is 0 Å². The average molecular weight is 302 g/mol. The molecule has 0 aromatic heterocycles. The van der Waals surface area contributed by atoms with Gasteiger partial charge in [-0.1, -0.05) is 15.9 Å². The molecule has 0 heterocycles. The first-order valence-electron chi connectivity index (χ1n) is 4.86. The number of hydrogen-bond donors (Lipinski definition) is 3. The van der Waals surface area contributed by atoms with Crippen molar-refractivity contribution < 1.29 is 19.8 Å². The second-order valence-electron chi connectivity index (χ2n) is 3.51. The van der Waals surface area contributed by atoms with Crippen LogP contribution in [0.5, 0.6) is 0 Å². The minimum Gasteiger partial charge on any atom is -0.480 e. The summed E-state index contributed by atoms with van der Waals surface area (Å²) in [5, 5.41) is 19.7. The van der Waals surface area contributed by atoms with Gasteiger partial charge < -0.3 is 15.5 Å². The Morgan fingerprint density at radius 2 is 2.12 bits per heavy atom. The number of hydrogen-bond acceptors (Lipinski definition) is 3. The Morgan fingerprint density at radius 3 is 2.59 bits per heavy atom. The molecule has 5 nitrogen and oxygen atoms in total. The van der Waals surface area contributed by atoms with Crippen molar-refractivity contribution in [3.05, 3.63) is 33.8 Å². The minimum absolute atomic E-state index is 0.382. The SMILES string of the molecule is Cc1cc(Br)ccc1C(=O)N[C@@H](CO)C(=O)O. The van der Waals surface area contributed by atoms with Crippen LogP contribution < -0.4 is 5.32 Å². The van der Waals surface area contributed by atoms with Crippen molar-refractivity contribution in [1.29, 1.82) is 0 Å². The Morgan fingerprint density at radius 1 is 1.47 bits per heavy atom. The van der Waals surface area contributed by atoms with Gasteiger partial charge >= 0.3 is 5.97 Å². The third-order valence-corrected chi connectivity index (χ3v) is 2.71. The maximum Gasteiger partial charge on any atom is 0.328 e. The van der Waals surface area contributed by atoms with Gasteiger partial charge in [0.25, 0.3) is 5.91 Å². The molecule has 1 atom stereocenters. The molecule has 0 aliphatic rings. The number of rotatable bonds is 4. The third kappa shape index (κ3) is 3.54. The number of amides is 1. The van der Waals surface area contributed by atoms with Gasteiger partial charge in [0.05, 0.1) is 6.61 Å². The first-order chi connectivity index (χ1) is 7.95. The number of aliphatic hydroxyl groups is 1. The van der Waals surface area contributed by atoms with Gasteiger partial charge in [0.2, 0.25) is 0 Å². The van der Waals surface area contributed by atoms with Crippen LogP contribution in [-0.2, 0) is 4.79 Å². The van der Waals surface area contributed by atoms with Crippen molar-refractivity contribution in [3.8, 4) is 0 Å². The lowest BCUT2D eigenvalue weighted by molar-refractivity contribution is -0.140. The first kappa shape index (κ1) is 13.7. The smallest absolute Gasteiger partial charge is 0.328 e. The second-order valence-corrected chi connectivity index (χ2v) is 4.42. The van der Waals surface area contributed by atoms with Gasteiger partial charge in [-0.05, 0) is 30.7 Å². The summed E-state index contributed by atoms with van der Waals surface area (Å²) in [6.45, 7) is 1.10. The van der Waals surface area contributed by atoms with Crippen LogP contribution in [0.2, 0.25) is 0 Å². The lowest BCUT2D eigenvalue weighted by atomic mass is 10.1. The topological polar surface area (TPSA) is 86.6 Å². The highest BCUT2D eigenvalue weighted by atomic mass is 79.9. The summed E-state index contributed by atoms with van der Waals surface area (Å²) < 4.78 is 0.837. The summed E-state index contributed by atoms with van der Waals surface area (Å²) in [7, 11) is 0. The number of halogens is 1. The van der Waals surface area contributed by atoms with Gasteiger partial charge in [-0.3, -0.25) is 4.79 Å². The van der Waals surface area contributed by atoms with Crippen LogP contribution in [0, 0.1) is 6.92 Å². The number of aliphatic hydroxyl groups excluding tert-OH is 1. The average Bonchev–Trinajstić information content (AvgIpc) is 2.24. The molecule has 0 unspecified atom stereocenters. The zero-order valence-electron chi connectivity index (χ0n) is 9.11. The summed E-state index contributed by atoms with van der Waals surface area (Å²) in [6.07, 6.45) is 0. The number of nitrogens with one attached hydrogen (secondary N) is 1. The number of carbonyl (C=O) groups excluding carboxylic acids is 1. The largest absolute Gasteiger partial charge is 0.480 e. The maximum atomic E-state index is 11.7. The number of carboxylic acids is 1. The number of benzene rings is 1. The lowest BCUT2D eigenvalue weighted by Crippen LogP contribution is -2.43. The van der Waals surface area contributed by atoms with E-state index in [4.69, 9.17) is 10.2 Å². The summed E-state index contributed by atoms with van der Waals surface area (Å²) in [4.78, 5) is 22.4. The monoisotopic (exact) mass is 301 g/mol. The molecule has 1 rings (SSSR count). The van der Waals surface area contributed by atoms with E-state index in [1.165, 1.54) is 0 Å². The zero-order chi connectivity index (χ0) is 13.0. The van der Waals surface area contributed by atoms with E-state index in [1.54, 1.807) is 25.1 Å². The van der Waals surface area contributed by atoms with Crippen molar-refractivity contribution in [2.45, 2.75) is 13.0 Å². The number of aryl methyl sites for hydroxylation is 1. The Hall–Kier alpha value is -1.40. The summed E-state index contributed by atoms with van der Waals surface area (Å²) in [5.41, 5.74) is 1.10. The van der Waals surface area contributed by atoms with Crippen LogP contribution in [0.3, 0.4) is 0 Å². The Balaban J connectivity index is 2.86. The van der Waals surface area contributed by atoms with E-state index in [0.29, 0.717) is 5.56 Å². The molecule has 1 aromatic carbocycles. The second kappa shape index (κ2) is 5.79. The van der Waals surface area contributed by atoms with Gasteiger partial charge in [0.1, 0.15) is 0 Å². The van der Waals surface area contributed by atoms with E-state index < -0.39 is 24.5 Å². The van der Waals surface area contributed by atoms with Crippen molar-refractivity contribution in [3.63, 3.8) is 0 Å². The van der Waals surface area contributed by atoms with Gasteiger partial charge in [0.15, 0.2) is 6.04 Å². The van der Waals surface area contributed by atoms with E-state index in [2.05, 4.69) is 21.2 Å². The normalized spacial score (nSPS) is 11.9. The molecule has 3 N–H and O–H groups in total. The van der Waals surface area contributed by atoms with Crippen LogP contribution >= 0.6 is 15.9 Å². The minimum atomic E-state index is -1.29. The molecule has 0 spiro atoms. The molecule has 0 saturated carbocycles. The molecule has 6 heteroatoms. The van der Waals surface area contributed by atoms with E-state index in [9.17, 15) is 9.59 Å². The molecule has 1 aromatic rings. The third-order valence-electron chi connectivity index (χ3n) is 2.22. The Kier molecular flexibility index (Phi) is 4.65. The molecule has 0 bridgehead atoms. The molecule has 0 aliphatic heterocycles. The first-order valence-corrected chi connectivity index (χ1v) is 5.65. The van der Waals surface area contributed by atoms with Crippen LogP contribution in [0.1, 0.15) is 15.9 Å². The molecule has 0 saturated heterocycles. The molecular weight excluding hydrogens is 290 g/mol. The van der Waals surface area contributed by atoms with Crippen molar-refractivity contribution in [1.82, 2.24) is 5.32 Å². The van der Waals surface area contributed by atoms with Crippen LogP contribution in [0.25, 0.3) is 0 Å². The van der Waals surface area contributed by atoms with Crippen LogP contribution in [-0.4, -0.2) is 34.7 Å².